The summed E-state index contributed by atoms with van der Waals surface area (Å²) in [6.07, 6.45) is 1.66. The number of halogens is 1. The first-order valence-corrected chi connectivity index (χ1v) is 7.68. The lowest BCUT2D eigenvalue weighted by atomic mass is 10.2. The van der Waals surface area contributed by atoms with Crippen molar-refractivity contribution in [3.8, 4) is 0 Å². The Kier molecular flexibility index (Phi) is 5.59. The summed E-state index contributed by atoms with van der Waals surface area (Å²) in [5.74, 6) is 0. The van der Waals surface area contributed by atoms with Crippen molar-refractivity contribution in [1.29, 1.82) is 0 Å². The van der Waals surface area contributed by atoms with Crippen LogP contribution in [0.4, 0.5) is 0 Å². The second kappa shape index (κ2) is 6.52. The molecule has 1 atom stereocenters. The first-order valence-electron chi connectivity index (χ1n) is 5.82. The molecule has 0 radical (unpaired) electrons. The van der Waals surface area contributed by atoms with E-state index >= 15 is 0 Å². The average molecular weight is 292 g/mol. The van der Waals surface area contributed by atoms with E-state index in [0.29, 0.717) is 5.56 Å². The fourth-order valence-electron chi connectivity index (χ4n) is 1.67. The van der Waals surface area contributed by atoms with Crippen molar-refractivity contribution in [2.45, 2.75) is 44.2 Å². The molecule has 2 N–H and O–H groups in total. The van der Waals surface area contributed by atoms with Gasteiger partial charge in [0.1, 0.15) is 4.90 Å². The predicted octanol–water partition coefficient (Wildman–Crippen LogP) is 2.30. The van der Waals surface area contributed by atoms with Crippen LogP contribution in [-0.2, 0) is 16.6 Å². The minimum absolute atomic E-state index is 0.0127. The third kappa shape index (κ3) is 3.95. The first kappa shape index (κ1) is 15.4. The van der Waals surface area contributed by atoms with Crippen LogP contribution in [0.25, 0.3) is 0 Å². The van der Waals surface area contributed by atoms with Gasteiger partial charge in [-0.3, -0.25) is 0 Å². The largest absolute Gasteiger partial charge is 0.392 e. The molecule has 0 heterocycles. The van der Waals surface area contributed by atoms with Crippen LogP contribution in [0, 0.1) is 0 Å². The number of sulfonamides is 1. The SMILES string of the molecule is CCCC(C)NS(=O)(=O)c1cc(CO)ccc1Cl. The standard InChI is InChI=1S/C12H18ClNO3S/c1-3-4-9(2)14-18(16,17)12-7-10(8-15)5-6-11(12)13/h5-7,9,14-15H,3-4,8H2,1-2H3. The molecular formula is C12H18ClNO3S. The van der Waals surface area contributed by atoms with E-state index in [2.05, 4.69) is 4.72 Å². The van der Waals surface area contributed by atoms with Gasteiger partial charge in [-0.15, -0.1) is 0 Å². The van der Waals surface area contributed by atoms with Gasteiger partial charge in [0.15, 0.2) is 0 Å². The number of aliphatic hydroxyl groups is 1. The summed E-state index contributed by atoms with van der Waals surface area (Å²) in [7, 11) is -3.64. The zero-order valence-electron chi connectivity index (χ0n) is 10.5. The van der Waals surface area contributed by atoms with Gasteiger partial charge < -0.3 is 5.11 Å². The van der Waals surface area contributed by atoms with E-state index in [4.69, 9.17) is 16.7 Å². The Hall–Kier alpha value is -0.620. The van der Waals surface area contributed by atoms with E-state index in [0.717, 1.165) is 12.8 Å². The molecule has 102 valence electrons. The molecule has 0 spiro atoms. The predicted molar refractivity (Wildman–Crippen MR) is 72.1 cm³/mol. The average Bonchev–Trinajstić information content (AvgIpc) is 2.29. The normalized spacial score (nSPS) is 13.6. The second-order valence-corrected chi connectivity index (χ2v) is 6.32. The van der Waals surface area contributed by atoms with Gasteiger partial charge in [0.25, 0.3) is 0 Å². The van der Waals surface area contributed by atoms with E-state index in [9.17, 15) is 8.42 Å². The van der Waals surface area contributed by atoms with E-state index in [-0.39, 0.29) is 22.6 Å². The molecule has 0 aliphatic heterocycles. The fourth-order valence-corrected chi connectivity index (χ4v) is 3.50. The molecule has 1 rings (SSSR count). The maximum atomic E-state index is 12.1. The summed E-state index contributed by atoms with van der Waals surface area (Å²) in [6, 6.07) is 4.32. The van der Waals surface area contributed by atoms with Gasteiger partial charge in [0.2, 0.25) is 10.0 Å². The quantitative estimate of drug-likeness (QED) is 0.845. The van der Waals surface area contributed by atoms with Crippen LogP contribution >= 0.6 is 11.6 Å². The van der Waals surface area contributed by atoms with E-state index < -0.39 is 10.0 Å². The highest BCUT2D eigenvalue weighted by Gasteiger charge is 2.20. The van der Waals surface area contributed by atoms with Gasteiger partial charge in [-0.05, 0) is 31.0 Å². The Labute approximate surface area is 113 Å². The molecule has 0 saturated carbocycles. The lowest BCUT2D eigenvalue weighted by molar-refractivity contribution is 0.281. The maximum absolute atomic E-state index is 12.1. The maximum Gasteiger partial charge on any atom is 0.242 e. The summed E-state index contributed by atoms with van der Waals surface area (Å²) in [4.78, 5) is 0.0127. The van der Waals surface area contributed by atoms with E-state index in [1.165, 1.54) is 12.1 Å². The summed E-state index contributed by atoms with van der Waals surface area (Å²) in [5.41, 5.74) is 0.517. The molecule has 0 fully saturated rings. The highest BCUT2D eigenvalue weighted by Crippen LogP contribution is 2.23. The molecule has 0 aliphatic carbocycles. The molecule has 0 aromatic heterocycles. The number of hydrogen-bond acceptors (Lipinski definition) is 3. The summed E-state index contributed by atoms with van der Waals surface area (Å²) in [6.45, 7) is 3.58. The Morgan fingerprint density at radius 2 is 2.11 bits per heavy atom. The third-order valence-electron chi connectivity index (χ3n) is 2.55. The highest BCUT2D eigenvalue weighted by molar-refractivity contribution is 7.89. The van der Waals surface area contributed by atoms with E-state index in [1.54, 1.807) is 6.07 Å². The van der Waals surface area contributed by atoms with Gasteiger partial charge >= 0.3 is 0 Å². The highest BCUT2D eigenvalue weighted by atomic mass is 35.5. The van der Waals surface area contributed by atoms with Crippen molar-refractivity contribution >= 4 is 21.6 Å². The van der Waals surface area contributed by atoms with Gasteiger partial charge in [-0.1, -0.05) is 31.0 Å². The first-order chi connectivity index (χ1) is 8.40. The molecule has 0 saturated heterocycles. The molecule has 4 nitrogen and oxygen atoms in total. The molecule has 0 amide bonds. The lowest BCUT2D eigenvalue weighted by Crippen LogP contribution is -2.32. The fraction of sp³-hybridized carbons (Fsp3) is 0.500. The number of nitrogens with one attached hydrogen (secondary N) is 1. The Bertz CT molecular complexity index is 502. The van der Waals surface area contributed by atoms with Crippen molar-refractivity contribution in [3.05, 3.63) is 28.8 Å². The number of benzene rings is 1. The van der Waals surface area contributed by atoms with Crippen LogP contribution in [0.1, 0.15) is 32.3 Å². The Morgan fingerprint density at radius 3 is 2.67 bits per heavy atom. The van der Waals surface area contributed by atoms with Crippen molar-refractivity contribution in [3.63, 3.8) is 0 Å². The van der Waals surface area contributed by atoms with Gasteiger partial charge in [-0.25, -0.2) is 13.1 Å². The molecular weight excluding hydrogens is 274 g/mol. The summed E-state index contributed by atoms with van der Waals surface area (Å²) in [5, 5.41) is 9.18. The van der Waals surface area contributed by atoms with E-state index in [1.807, 2.05) is 13.8 Å². The molecule has 6 heteroatoms. The molecule has 1 unspecified atom stereocenters. The molecule has 1 aromatic carbocycles. The van der Waals surface area contributed by atoms with Crippen LogP contribution in [0.15, 0.2) is 23.1 Å². The lowest BCUT2D eigenvalue weighted by Gasteiger charge is -2.14. The topological polar surface area (TPSA) is 66.4 Å². The summed E-state index contributed by atoms with van der Waals surface area (Å²) >= 11 is 5.90. The molecule has 1 aromatic rings. The van der Waals surface area contributed by atoms with Crippen LogP contribution in [-0.4, -0.2) is 19.6 Å². The Morgan fingerprint density at radius 1 is 1.44 bits per heavy atom. The number of hydrogen-bond donors (Lipinski definition) is 2. The minimum atomic E-state index is -3.64. The minimum Gasteiger partial charge on any atom is -0.392 e. The van der Waals surface area contributed by atoms with Crippen molar-refractivity contribution in [2.24, 2.45) is 0 Å². The Balaban J connectivity index is 3.04. The molecule has 0 aliphatic rings. The zero-order chi connectivity index (χ0) is 13.8. The van der Waals surface area contributed by atoms with Gasteiger partial charge in [0.05, 0.1) is 11.6 Å². The molecule has 18 heavy (non-hydrogen) atoms. The number of rotatable bonds is 6. The summed E-state index contributed by atoms with van der Waals surface area (Å²) < 4.78 is 26.8. The van der Waals surface area contributed by atoms with Crippen LogP contribution < -0.4 is 4.72 Å². The molecule has 0 bridgehead atoms. The monoisotopic (exact) mass is 291 g/mol. The van der Waals surface area contributed by atoms with Gasteiger partial charge in [-0.2, -0.15) is 0 Å². The number of aliphatic hydroxyl groups excluding tert-OH is 1. The van der Waals surface area contributed by atoms with Crippen molar-refractivity contribution in [1.82, 2.24) is 4.72 Å². The second-order valence-electron chi connectivity index (χ2n) is 4.23. The smallest absolute Gasteiger partial charge is 0.242 e. The van der Waals surface area contributed by atoms with Crippen LogP contribution in [0.3, 0.4) is 0 Å². The zero-order valence-corrected chi connectivity index (χ0v) is 12.1. The van der Waals surface area contributed by atoms with Crippen LogP contribution in [0.2, 0.25) is 5.02 Å². The van der Waals surface area contributed by atoms with Gasteiger partial charge in [0, 0.05) is 6.04 Å². The van der Waals surface area contributed by atoms with Crippen LogP contribution in [0.5, 0.6) is 0 Å². The van der Waals surface area contributed by atoms with Crippen molar-refractivity contribution in [2.75, 3.05) is 0 Å². The van der Waals surface area contributed by atoms with Crippen molar-refractivity contribution < 1.29 is 13.5 Å². The third-order valence-corrected chi connectivity index (χ3v) is 4.62.